The highest BCUT2D eigenvalue weighted by molar-refractivity contribution is 7.09. The molecule has 1 N–H and O–H groups in total. The Labute approximate surface area is 168 Å². The zero-order chi connectivity index (χ0) is 20.4. The van der Waals surface area contributed by atoms with Crippen molar-refractivity contribution in [2.24, 2.45) is 5.92 Å². The van der Waals surface area contributed by atoms with Crippen molar-refractivity contribution in [2.75, 3.05) is 24.5 Å². The Hall–Kier alpha value is -2.69. The summed E-state index contributed by atoms with van der Waals surface area (Å²) >= 11 is 1.65. The van der Waals surface area contributed by atoms with Gasteiger partial charge in [-0.3, -0.25) is 4.79 Å². The molecule has 1 atom stereocenters. The standard InChI is InChI=1S/C18H19F3N6OS/c19-18(20,21)17-24-23-14-5-6-15(25-27(14)17)26-9-1-3-12(11-26)16(28)22-8-7-13-4-2-10-29-13/h2,4-6,10,12H,1,3,7-9,11H2,(H,22,28)/t12-/m1/s1. The first-order valence-electron chi connectivity index (χ1n) is 9.26. The van der Waals surface area contributed by atoms with Crippen LogP contribution >= 0.6 is 11.3 Å². The van der Waals surface area contributed by atoms with Crippen LogP contribution in [0.3, 0.4) is 0 Å². The molecule has 1 aliphatic rings. The lowest BCUT2D eigenvalue weighted by atomic mass is 9.97. The second-order valence-corrected chi connectivity index (χ2v) is 7.92. The number of carbonyl (C=O) groups excluding carboxylic acids is 1. The van der Waals surface area contributed by atoms with E-state index in [2.05, 4.69) is 20.6 Å². The van der Waals surface area contributed by atoms with Crippen LogP contribution in [-0.4, -0.2) is 45.4 Å². The molecular formula is C18H19F3N6OS. The summed E-state index contributed by atoms with van der Waals surface area (Å²) in [6.07, 6.45) is -2.36. The molecule has 4 heterocycles. The zero-order valence-electron chi connectivity index (χ0n) is 15.4. The number of fused-ring (bicyclic) bond motifs is 1. The van der Waals surface area contributed by atoms with Crippen LogP contribution in [-0.2, 0) is 17.4 Å². The topological polar surface area (TPSA) is 75.4 Å². The van der Waals surface area contributed by atoms with Crippen LogP contribution in [0.2, 0.25) is 0 Å². The van der Waals surface area contributed by atoms with E-state index in [1.54, 1.807) is 17.4 Å². The molecule has 0 radical (unpaired) electrons. The number of nitrogens with one attached hydrogen (secondary N) is 1. The van der Waals surface area contributed by atoms with Crippen molar-refractivity contribution < 1.29 is 18.0 Å². The predicted molar refractivity (Wildman–Crippen MR) is 102 cm³/mol. The number of amides is 1. The average molecular weight is 424 g/mol. The van der Waals surface area contributed by atoms with Crippen LogP contribution in [0.1, 0.15) is 23.5 Å². The predicted octanol–water partition coefficient (Wildman–Crippen LogP) is 2.78. The van der Waals surface area contributed by atoms with Crippen LogP contribution in [0.5, 0.6) is 0 Å². The first-order chi connectivity index (χ1) is 13.9. The molecule has 0 aliphatic carbocycles. The summed E-state index contributed by atoms with van der Waals surface area (Å²) < 4.78 is 40.0. The number of alkyl halides is 3. The van der Waals surface area contributed by atoms with E-state index in [4.69, 9.17) is 0 Å². The van der Waals surface area contributed by atoms with Gasteiger partial charge in [-0.1, -0.05) is 6.07 Å². The molecule has 154 valence electrons. The molecule has 0 unspecified atom stereocenters. The van der Waals surface area contributed by atoms with Crippen molar-refractivity contribution in [1.82, 2.24) is 25.1 Å². The van der Waals surface area contributed by atoms with Gasteiger partial charge in [-0.2, -0.15) is 17.7 Å². The largest absolute Gasteiger partial charge is 0.453 e. The van der Waals surface area contributed by atoms with Crippen molar-refractivity contribution in [3.63, 3.8) is 0 Å². The zero-order valence-corrected chi connectivity index (χ0v) is 16.2. The molecule has 3 aromatic rings. The van der Waals surface area contributed by atoms with Crippen molar-refractivity contribution in [2.45, 2.75) is 25.4 Å². The van der Waals surface area contributed by atoms with Crippen molar-refractivity contribution in [3.8, 4) is 0 Å². The molecule has 0 bridgehead atoms. The molecule has 0 saturated carbocycles. The molecule has 29 heavy (non-hydrogen) atoms. The maximum atomic E-state index is 13.1. The van der Waals surface area contributed by atoms with Gasteiger partial charge in [0.15, 0.2) is 5.65 Å². The number of nitrogens with zero attached hydrogens (tertiary/aromatic N) is 5. The molecule has 1 amide bonds. The number of piperidine rings is 1. The fourth-order valence-corrected chi connectivity index (χ4v) is 4.14. The highest BCUT2D eigenvalue weighted by Gasteiger charge is 2.38. The molecule has 0 spiro atoms. The van der Waals surface area contributed by atoms with Gasteiger partial charge in [0, 0.05) is 24.5 Å². The summed E-state index contributed by atoms with van der Waals surface area (Å²) in [6.45, 7) is 1.60. The number of carbonyl (C=O) groups is 1. The fourth-order valence-electron chi connectivity index (χ4n) is 3.43. The van der Waals surface area contributed by atoms with Gasteiger partial charge in [0.2, 0.25) is 5.91 Å². The molecule has 1 saturated heterocycles. The Bertz CT molecular complexity index is 987. The van der Waals surface area contributed by atoms with E-state index in [0.29, 0.717) is 30.0 Å². The van der Waals surface area contributed by atoms with Crippen molar-refractivity contribution in [1.29, 1.82) is 0 Å². The molecule has 1 fully saturated rings. The number of anilines is 1. The number of thiophene rings is 1. The van der Waals surface area contributed by atoms with Crippen molar-refractivity contribution >= 4 is 28.7 Å². The first kappa shape index (κ1) is 19.6. The Kier molecular flexibility index (Phi) is 5.39. The Balaban J connectivity index is 1.43. The summed E-state index contributed by atoms with van der Waals surface area (Å²) in [5, 5.41) is 15.8. The summed E-state index contributed by atoms with van der Waals surface area (Å²) in [5.41, 5.74) is 0.0287. The third kappa shape index (κ3) is 4.34. The molecule has 4 rings (SSSR count). The number of hydrogen-bond donors (Lipinski definition) is 1. The van der Waals surface area contributed by atoms with Gasteiger partial charge in [0.05, 0.1) is 5.92 Å². The van der Waals surface area contributed by atoms with Gasteiger partial charge >= 0.3 is 6.18 Å². The summed E-state index contributed by atoms with van der Waals surface area (Å²) in [7, 11) is 0. The van der Waals surface area contributed by atoms with E-state index < -0.39 is 12.0 Å². The van der Waals surface area contributed by atoms with E-state index in [1.807, 2.05) is 22.4 Å². The van der Waals surface area contributed by atoms with E-state index >= 15 is 0 Å². The molecular weight excluding hydrogens is 405 g/mol. The van der Waals surface area contributed by atoms with Gasteiger partial charge in [0.1, 0.15) is 5.82 Å². The summed E-state index contributed by atoms with van der Waals surface area (Å²) in [4.78, 5) is 15.6. The maximum Gasteiger partial charge on any atom is 0.453 e. The second-order valence-electron chi connectivity index (χ2n) is 6.89. The first-order valence-corrected chi connectivity index (χ1v) is 10.1. The number of hydrogen-bond acceptors (Lipinski definition) is 6. The maximum absolute atomic E-state index is 13.1. The minimum absolute atomic E-state index is 0.0287. The third-order valence-electron chi connectivity index (χ3n) is 4.87. The Morgan fingerprint density at radius 3 is 2.90 bits per heavy atom. The Morgan fingerprint density at radius 2 is 2.14 bits per heavy atom. The lowest BCUT2D eigenvalue weighted by Gasteiger charge is -2.32. The number of aromatic nitrogens is 4. The van der Waals surface area contributed by atoms with E-state index in [1.165, 1.54) is 10.9 Å². The van der Waals surface area contributed by atoms with Crippen LogP contribution in [0.4, 0.5) is 19.0 Å². The number of rotatable bonds is 5. The summed E-state index contributed by atoms with van der Waals surface area (Å²) in [6, 6.07) is 7.07. The molecule has 1 aliphatic heterocycles. The molecule has 3 aromatic heterocycles. The van der Waals surface area contributed by atoms with Gasteiger partial charge in [-0.05, 0) is 42.8 Å². The van der Waals surface area contributed by atoms with Crippen molar-refractivity contribution in [3.05, 3.63) is 40.3 Å². The average Bonchev–Trinajstić information content (AvgIpc) is 3.36. The lowest BCUT2D eigenvalue weighted by molar-refractivity contribution is -0.146. The van der Waals surface area contributed by atoms with E-state index in [9.17, 15) is 18.0 Å². The smallest absolute Gasteiger partial charge is 0.355 e. The van der Waals surface area contributed by atoms with Gasteiger partial charge in [-0.15, -0.1) is 26.6 Å². The third-order valence-corrected chi connectivity index (χ3v) is 5.81. The minimum Gasteiger partial charge on any atom is -0.355 e. The van der Waals surface area contributed by atoms with Gasteiger partial charge < -0.3 is 10.2 Å². The van der Waals surface area contributed by atoms with Gasteiger partial charge in [0.25, 0.3) is 5.82 Å². The molecule has 11 heteroatoms. The Morgan fingerprint density at radius 1 is 1.28 bits per heavy atom. The van der Waals surface area contributed by atoms with Crippen LogP contribution in [0.15, 0.2) is 29.6 Å². The highest BCUT2D eigenvalue weighted by Crippen LogP contribution is 2.28. The molecule has 0 aromatic carbocycles. The number of halogens is 3. The van der Waals surface area contributed by atoms with Gasteiger partial charge in [-0.25, -0.2) is 0 Å². The normalized spacial score (nSPS) is 17.6. The van der Waals surface area contributed by atoms with E-state index in [-0.39, 0.29) is 17.5 Å². The van der Waals surface area contributed by atoms with Crippen LogP contribution in [0, 0.1) is 5.92 Å². The quantitative estimate of drug-likeness (QED) is 0.682. The lowest BCUT2D eigenvalue weighted by Crippen LogP contribution is -2.44. The fraction of sp³-hybridized carbons (Fsp3) is 0.444. The van der Waals surface area contributed by atoms with Crippen LogP contribution in [0.25, 0.3) is 5.65 Å². The molecule has 7 nitrogen and oxygen atoms in total. The monoisotopic (exact) mass is 424 g/mol. The highest BCUT2D eigenvalue weighted by atomic mass is 32.1. The second kappa shape index (κ2) is 7.97. The summed E-state index contributed by atoms with van der Waals surface area (Å²) in [5.74, 6) is -1.05. The van der Waals surface area contributed by atoms with E-state index in [0.717, 1.165) is 19.3 Å². The SMILES string of the molecule is O=C(NCCc1cccs1)[C@@H]1CCCN(c2ccc3nnc(C(F)(F)F)n3n2)C1. The van der Waals surface area contributed by atoms with Crippen LogP contribution < -0.4 is 10.2 Å². The minimum atomic E-state index is -4.64.